The van der Waals surface area contributed by atoms with Crippen LogP contribution in [0.3, 0.4) is 0 Å². The van der Waals surface area contributed by atoms with Crippen molar-refractivity contribution in [1.82, 2.24) is 15.1 Å². The number of hydrogen-bond donors (Lipinski definition) is 1. The first-order valence-corrected chi connectivity index (χ1v) is 12.3. The van der Waals surface area contributed by atoms with Crippen LogP contribution in [0.4, 0.5) is 24.5 Å². The van der Waals surface area contributed by atoms with E-state index in [4.69, 9.17) is 4.74 Å². The van der Waals surface area contributed by atoms with Crippen LogP contribution >= 0.6 is 0 Å². The van der Waals surface area contributed by atoms with Gasteiger partial charge in [0.1, 0.15) is 11.9 Å². The lowest BCUT2D eigenvalue weighted by atomic mass is 9.98. The molecule has 38 heavy (non-hydrogen) atoms. The van der Waals surface area contributed by atoms with E-state index in [0.29, 0.717) is 49.6 Å². The summed E-state index contributed by atoms with van der Waals surface area (Å²) < 4.78 is 44.2. The molecule has 2 saturated heterocycles. The first kappa shape index (κ1) is 25.5. The third kappa shape index (κ3) is 6.04. The molecule has 2 fully saturated rings. The molecular weight excluding hydrogens is 499 g/mol. The van der Waals surface area contributed by atoms with Crippen molar-refractivity contribution < 1.29 is 27.5 Å². The molecule has 3 aromatic rings. The van der Waals surface area contributed by atoms with Gasteiger partial charge in [0.2, 0.25) is 11.8 Å². The number of carbonyl (C=O) groups is 2. The van der Waals surface area contributed by atoms with Gasteiger partial charge in [-0.1, -0.05) is 12.1 Å². The number of benzene rings is 2. The van der Waals surface area contributed by atoms with E-state index < -0.39 is 11.7 Å². The average Bonchev–Trinajstić information content (AvgIpc) is 3.33. The standard InChI is InChI=1S/C27H26F3N5O3/c28-27(29,30)20-3-1-18(2-4-20)13-25(36)34-12-10-24(17-34)38-23-7-5-21(6-8-23)33-26(37)19-15-35(16-19)22-9-11-31-32-14-22/h1-9,11,14,19,24H,10,12-13,15-17H2,(H,33,37)/t24-/m1/s1. The predicted octanol–water partition coefficient (Wildman–Crippen LogP) is 3.79. The van der Waals surface area contributed by atoms with Crippen molar-refractivity contribution in [2.24, 2.45) is 5.92 Å². The molecule has 8 nitrogen and oxygen atoms in total. The Morgan fingerprint density at radius 1 is 0.974 bits per heavy atom. The second-order valence-electron chi connectivity index (χ2n) is 9.46. The van der Waals surface area contributed by atoms with Gasteiger partial charge >= 0.3 is 6.18 Å². The number of aromatic nitrogens is 2. The Morgan fingerprint density at radius 2 is 1.71 bits per heavy atom. The lowest BCUT2D eigenvalue weighted by Crippen LogP contribution is -2.52. The molecule has 3 heterocycles. The van der Waals surface area contributed by atoms with Crippen molar-refractivity contribution in [1.29, 1.82) is 0 Å². The van der Waals surface area contributed by atoms with Crippen LogP contribution < -0.4 is 15.0 Å². The molecule has 1 aromatic heterocycles. The van der Waals surface area contributed by atoms with Crippen molar-refractivity contribution in [3.8, 4) is 5.75 Å². The summed E-state index contributed by atoms with van der Waals surface area (Å²) in [6, 6.07) is 13.6. The molecule has 0 radical (unpaired) electrons. The third-order valence-electron chi connectivity index (χ3n) is 6.75. The van der Waals surface area contributed by atoms with Crippen molar-refractivity contribution in [2.45, 2.75) is 25.1 Å². The van der Waals surface area contributed by atoms with E-state index in [0.717, 1.165) is 17.8 Å². The predicted molar refractivity (Wildman–Crippen MR) is 134 cm³/mol. The van der Waals surface area contributed by atoms with Crippen LogP contribution in [0.5, 0.6) is 5.75 Å². The fourth-order valence-corrected chi connectivity index (χ4v) is 4.53. The number of ether oxygens (including phenoxy) is 1. The molecule has 5 rings (SSSR count). The Hall–Kier alpha value is -4.15. The van der Waals surface area contributed by atoms with Crippen LogP contribution in [0.15, 0.2) is 67.0 Å². The molecule has 0 saturated carbocycles. The highest BCUT2D eigenvalue weighted by Crippen LogP contribution is 2.29. The van der Waals surface area contributed by atoms with Crippen molar-refractivity contribution in [3.63, 3.8) is 0 Å². The van der Waals surface area contributed by atoms with E-state index in [1.807, 2.05) is 6.07 Å². The van der Waals surface area contributed by atoms with Gasteiger partial charge in [-0.2, -0.15) is 23.4 Å². The van der Waals surface area contributed by atoms with Crippen molar-refractivity contribution >= 4 is 23.2 Å². The highest BCUT2D eigenvalue weighted by Gasteiger charge is 2.33. The number of hydrogen-bond acceptors (Lipinski definition) is 6. The number of anilines is 2. The number of alkyl halides is 3. The van der Waals surface area contributed by atoms with Crippen molar-refractivity contribution in [2.75, 3.05) is 36.4 Å². The van der Waals surface area contributed by atoms with Gasteiger partial charge in [0.25, 0.3) is 0 Å². The molecule has 2 amide bonds. The smallest absolute Gasteiger partial charge is 0.416 e. The van der Waals surface area contributed by atoms with Crippen molar-refractivity contribution in [3.05, 3.63) is 78.1 Å². The highest BCUT2D eigenvalue weighted by molar-refractivity contribution is 5.94. The number of carbonyl (C=O) groups excluding carboxylic acids is 2. The molecule has 11 heteroatoms. The summed E-state index contributed by atoms with van der Waals surface area (Å²) in [4.78, 5) is 28.9. The SMILES string of the molecule is O=C(Nc1ccc(O[C@@H]2CCN(C(=O)Cc3ccc(C(F)(F)F)cc3)C2)cc1)C1CN(c2ccnnc2)C1. The van der Waals surface area contributed by atoms with E-state index in [9.17, 15) is 22.8 Å². The van der Waals surface area contributed by atoms with E-state index >= 15 is 0 Å². The summed E-state index contributed by atoms with van der Waals surface area (Å²) >= 11 is 0. The Kier molecular flexibility index (Phi) is 7.17. The molecule has 0 unspecified atom stereocenters. The van der Waals surface area contributed by atoms with E-state index in [1.54, 1.807) is 41.6 Å². The number of likely N-dealkylation sites (tertiary alicyclic amines) is 1. The maximum absolute atomic E-state index is 12.7. The quantitative estimate of drug-likeness (QED) is 0.505. The van der Waals surface area contributed by atoms with Gasteiger partial charge in [0, 0.05) is 31.7 Å². The van der Waals surface area contributed by atoms with Gasteiger partial charge < -0.3 is 19.9 Å². The van der Waals surface area contributed by atoms with Gasteiger partial charge in [-0.25, -0.2) is 0 Å². The van der Waals surface area contributed by atoms with Gasteiger partial charge in [-0.3, -0.25) is 9.59 Å². The Balaban J connectivity index is 1.06. The molecule has 1 N–H and O–H groups in total. The van der Waals surface area contributed by atoms with Crippen LogP contribution in [0.2, 0.25) is 0 Å². The van der Waals surface area contributed by atoms with E-state index in [1.165, 1.54) is 12.1 Å². The lowest BCUT2D eigenvalue weighted by Gasteiger charge is -2.39. The molecule has 0 aliphatic carbocycles. The number of rotatable bonds is 7. The summed E-state index contributed by atoms with van der Waals surface area (Å²) in [7, 11) is 0. The van der Waals surface area contributed by atoms with E-state index in [2.05, 4.69) is 20.4 Å². The summed E-state index contributed by atoms with van der Waals surface area (Å²) in [5.74, 6) is 0.326. The second-order valence-corrected chi connectivity index (χ2v) is 9.46. The maximum Gasteiger partial charge on any atom is 0.416 e. The average molecular weight is 526 g/mol. The van der Waals surface area contributed by atoms with Crippen LogP contribution in [-0.4, -0.2) is 59.2 Å². The molecule has 2 aromatic carbocycles. The molecular formula is C27H26F3N5O3. The Bertz CT molecular complexity index is 1260. The summed E-state index contributed by atoms with van der Waals surface area (Å²) in [5.41, 5.74) is 1.42. The molecule has 1 atom stereocenters. The molecule has 198 valence electrons. The minimum absolute atomic E-state index is 0.0391. The zero-order valence-corrected chi connectivity index (χ0v) is 20.4. The first-order valence-electron chi connectivity index (χ1n) is 12.3. The maximum atomic E-state index is 12.7. The number of nitrogens with one attached hydrogen (secondary N) is 1. The molecule has 0 bridgehead atoms. The highest BCUT2D eigenvalue weighted by atomic mass is 19.4. The minimum Gasteiger partial charge on any atom is -0.489 e. The van der Waals surface area contributed by atoms with Gasteiger partial charge in [-0.05, 0) is 48.0 Å². The third-order valence-corrected chi connectivity index (χ3v) is 6.75. The zero-order chi connectivity index (χ0) is 26.7. The van der Waals surface area contributed by atoms with Crippen LogP contribution in [0.25, 0.3) is 0 Å². The van der Waals surface area contributed by atoms with Gasteiger partial charge in [0.15, 0.2) is 0 Å². The Morgan fingerprint density at radius 3 is 2.37 bits per heavy atom. The number of amides is 2. The molecule has 2 aliphatic heterocycles. The van der Waals surface area contributed by atoms with Crippen LogP contribution in [0, 0.1) is 5.92 Å². The fraction of sp³-hybridized carbons (Fsp3) is 0.333. The molecule has 2 aliphatic rings. The fourth-order valence-electron chi connectivity index (χ4n) is 4.53. The minimum atomic E-state index is -4.40. The van der Waals surface area contributed by atoms with E-state index in [-0.39, 0.29) is 30.3 Å². The van der Waals surface area contributed by atoms with Gasteiger partial charge in [0.05, 0.1) is 42.5 Å². The largest absolute Gasteiger partial charge is 0.489 e. The monoisotopic (exact) mass is 525 g/mol. The summed E-state index contributed by atoms with van der Waals surface area (Å²) in [6.07, 6.45) is -0.596. The lowest BCUT2D eigenvalue weighted by molar-refractivity contribution is -0.137. The Labute approximate surface area is 217 Å². The first-order chi connectivity index (χ1) is 18.2. The zero-order valence-electron chi connectivity index (χ0n) is 20.4. The number of halogens is 3. The van der Waals surface area contributed by atoms with Crippen LogP contribution in [-0.2, 0) is 22.2 Å². The molecule has 0 spiro atoms. The normalized spacial score (nSPS) is 17.7. The topological polar surface area (TPSA) is 87.7 Å². The number of nitrogens with zero attached hydrogens (tertiary/aromatic N) is 4. The van der Waals surface area contributed by atoms with Crippen LogP contribution in [0.1, 0.15) is 17.5 Å². The van der Waals surface area contributed by atoms with Gasteiger partial charge in [-0.15, -0.1) is 0 Å². The second kappa shape index (κ2) is 10.7. The summed E-state index contributed by atoms with van der Waals surface area (Å²) in [6.45, 7) is 2.17. The summed E-state index contributed by atoms with van der Waals surface area (Å²) in [5, 5.41) is 10.5.